The third kappa shape index (κ3) is 5.66. The summed E-state index contributed by atoms with van der Waals surface area (Å²) < 4.78 is 42.3. The number of hydrazone groups is 1. The summed E-state index contributed by atoms with van der Waals surface area (Å²) in [6.45, 7) is -0.577. The minimum atomic E-state index is -3.74. The van der Waals surface area contributed by atoms with Crippen molar-refractivity contribution >= 4 is 38.9 Å². The lowest BCUT2D eigenvalue weighted by molar-refractivity contribution is -0.136. The molecular formula is C25H25N3O7S2. The molecule has 0 saturated carbocycles. The van der Waals surface area contributed by atoms with Crippen molar-refractivity contribution in [3.8, 4) is 11.5 Å². The highest BCUT2D eigenvalue weighted by molar-refractivity contribution is 7.89. The highest BCUT2D eigenvalue weighted by atomic mass is 32.2. The van der Waals surface area contributed by atoms with E-state index in [1.807, 2.05) is 23.6 Å². The molecule has 2 heterocycles. The summed E-state index contributed by atoms with van der Waals surface area (Å²) in [7, 11) is 0.600. The molecule has 12 heteroatoms. The molecule has 0 saturated heterocycles. The van der Waals surface area contributed by atoms with E-state index >= 15 is 0 Å². The molecule has 1 N–H and O–H groups in total. The summed E-state index contributed by atoms with van der Waals surface area (Å²) in [5, 5.41) is 7.79. The molecule has 1 unspecified atom stereocenters. The van der Waals surface area contributed by atoms with Crippen molar-refractivity contribution in [2.24, 2.45) is 5.10 Å². The average molecular weight is 544 g/mol. The molecule has 1 atom stereocenters. The molecule has 3 aromatic rings. The van der Waals surface area contributed by atoms with Gasteiger partial charge in [0.25, 0.3) is 5.91 Å². The molecule has 4 rings (SSSR count). The number of carbonyl (C=O) groups is 2. The van der Waals surface area contributed by atoms with Crippen LogP contribution in [0.1, 0.15) is 33.3 Å². The van der Waals surface area contributed by atoms with Crippen LogP contribution >= 0.6 is 11.3 Å². The normalized spacial score (nSPS) is 15.3. The van der Waals surface area contributed by atoms with Crippen LogP contribution in [-0.4, -0.2) is 58.9 Å². The Morgan fingerprint density at radius 3 is 2.54 bits per heavy atom. The number of sulfonamides is 1. The summed E-state index contributed by atoms with van der Waals surface area (Å²) in [4.78, 5) is 26.7. The van der Waals surface area contributed by atoms with Crippen LogP contribution in [0, 0.1) is 0 Å². The maximum Gasteiger partial charge on any atom is 0.338 e. The van der Waals surface area contributed by atoms with Gasteiger partial charge < -0.3 is 14.2 Å². The Hall–Kier alpha value is -3.74. The van der Waals surface area contributed by atoms with Crippen LogP contribution in [0.2, 0.25) is 0 Å². The Bertz CT molecular complexity index is 1440. The van der Waals surface area contributed by atoms with Crippen LogP contribution in [-0.2, 0) is 19.6 Å². The summed E-state index contributed by atoms with van der Waals surface area (Å²) in [6, 6.07) is 14.1. The van der Waals surface area contributed by atoms with E-state index in [0.29, 0.717) is 17.9 Å². The molecule has 1 amide bonds. The molecule has 0 bridgehead atoms. The number of benzene rings is 2. The van der Waals surface area contributed by atoms with E-state index in [0.717, 1.165) is 16.2 Å². The van der Waals surface area contributed by atoms with Gasteiger partial charge in [0.05, 0.1) is 41.3 Å². The molecule has 2 aromatic carbocycles. The van der Waals surface area contributed by atoms with Gasteiger partial charge >= 0.3 is 5.97 Å². The second kappa shape index (κ2) is 11.1. The van der Waals surface area contributed by atoms with Gasteiger partial charge in [0.2, 0.25) is 10.0 Å². The van der Waals surface area contributed by atoms with Gasteiger partial charge in [0.1, 0.15) is 0 Å². The molecule has 0 aliphatic carbocycles. The molecule has 0 spiro atoms. The predicted octanol–water partition coefficient (Wildman–Crippen LogP) is 3.21. The van der Waals surface area contributed by atoms with Gasteiger partial charge in [-0.15, -0.1) is 11.3 Å². The molecule has 194 valence electrons. The van der Waals surface area contributed by atoms with Crippen molar-refractivity contribution in [2.75, 3.05) is 27.9 Å². The van der Waals surface area contributed by atoms with Crippen molar-refractivity contribution in [3.63, 3.8) is 0 Å². The van der Waals surface area contributed by atoms with Crippen molar-refractivity contribution < 1.29 is 32.2 Å². The number of hydrogen-bond donors (Lipinski definition) is 1. The number of rotatable bonds is 9. The van der Waals surface area contributed by atoms with Gasteiger partial charge in [-0.1, -0.05) is 18.2 Å². The van der Waals surface area contributed by atoms with Crippen LogP contribution < -0.4 is 14.2 Å². The van der Waals surface area contributed by atoms with Gasteiger partial charge in [-0.05, 0) is 54.4 Å². The van der Waals surface area contributed by atoms with Crippen molar-refractivity contribution in [1.29, 1.82) is 0 Å². The number of nitrogens with zero attached hydrogens (tertiary/aromatic N) is 2. The molecule has 37 heavy (non-hydrogen) atoms. The van der Waals surface area contributed by atoms with E-state index in [9.17, 15) is 18.0 Å². The first kappa shape index (κ1) is 26.3. The fraction of sp³-hybridized carbons (Fsp3) is 0.240. The number of esters is 1. The highest BCUT2D eigenvalue weighted by Crippen LogP contribution is 2.37. The van der Waals surface area contributed by atoms with E-state index in [2.05, 4.69) is 9.82 Å². The quantitative estimate of drug-likeness (QED) is 0.411. The van der Waals surface area contributed by atoms with Gasteiger partial charge in [-0.2, -0.15) is 5.10 Å². The number of methoxy groups -OCH3 is 2. The molecule has 0 radical (unpaired) electrons. The van der Waals surface area contributed by atoms with Gasteiger partial charge in [-0.3, -0.25) is 4.79 Å². The number of hydrogen-bond acceptors (Lipinski definition) is 9. The van der Waals surface area contributed by atoms with Crippen molar-refractivity contribution in [2.45, 2.75) is 17.4 Å². The largest absolute Gasteiger partial charge is 0.493 e. The molecule has 0 fully saturated rings. The zero-order valence-electron chi connectivity index (χ0n) is 20.3. The van der Waals surface area contributed by atoms with E-state index in [4.69, 9.17) is 14.2 Å². The Morgan fingerprint density at radius 2 is 1.86 bits per heavy atom. The first-order chi connectivity index (χ1) is 17.8. The van der Waals surface area contributed by atoms with E-state index in [-0.39, 0.29) is 10.5 Å². The average Bonchev–Trinajstić information content (AvgIpc) is 3.62. The number of nitrogens with one attached hydrogen (secondary N) is 1. The fourth-order valence-corrected chi connectivity index (χ4v) is 5.33. The van der Waals surface area contributed by atoms with Crippen LogP contribution in [0.4, 0.5) is 0 Å². The smallest absolute Gasteiger partial charge is 0.338 e. The number of ether oxygens (including phenoxy) is 3. The van der Waals surface area contributed by atoms with Gasteiger partial charge in [0.15, 0.2) is 18.1 Å². The second-order valence-corrected chi connectivity index (χ2v) is 10.7. The molecular weight excluding hydrogens is 518 g/mol. The minimum Gasteiger partial charge on any atom is -0.493 e. The minimum absolute atomic E-state index is 0.00441. The van der Waals surface area contributed by atoms with Gasteiger partial charge in [-0.25, -0.2) is 22.9 Å². The Morgan fingerprint density at radius 1 is 1.08 bits per heavy atom. The molecule has 1 aliphatic rings. The lowest BCUT2D eigenvalue weighted by Gasteiger charge is -2.22. The second-order valence-electron chi connectivity index (χ2n) is 7.91. The first-order valence-corrected chi connectivity index (χ1v) is 13.5. The van der Waals surface area contributed by atoms with E-state index in [1.165, 1.54) is 54.8 Å². The lowest BCUT2D eigenvalue weighted by atomic mass is 10.0. The van der Waals surface area contributed by atoms with Crippen LogP contribution in [0.15, 0.2) is 70.0 Å². The highest BCUT2D eigenvalue weighted by Gasteiger charge is 2.34. The maximum absolute atomic E-state index is 13.2. The Balaban J connectivity index is 1.55. The third-order valence-electron chi connectivity index (χ3n) is 5.74. The lowest BCUT2D eigenvalue weighted by Crippen LogP contribution is -2.31. The monoisotopic (exact) mass is 543 g/mol. The number of thiophene rings is 1. The fourth-order valence-electron chi connectivity index (χ4n) is 3.84. The zero-order valence-corrected chi connectivity index (χ0v) is 22.0. The SMILES string of the molecule is CNS(=O)(=O)c1cccc(C(=O)OCC(=O)N2N=C(c3cccs3)CC2c2ccc(OC)c(OC)c2)c1. The van der Waals surface area contributed by atoms with Crippen molar-refractivity contribution in [1.82, 2.24) is 9.73 Å². The summed E-state index contributed by atoms with van der Waals surface area (Å²) in [6.07, 6.45) is 0.458. The van der Waals surface area contributed by atoms with E-state index in [1.54, 1.807) is 19.2 Å². The molecule has 10 nitrogen and oxygen atoms in total. The van der Waals surface area contributed by atoms with Crippen molar-refractivity contribution in [3.05, 3.63) is 76.0 Å². The van der Waals surface area contributed by atoms with E-state index < -0.39 is 34.5 Å². The zero-order chi connectivity index (χ0) is 26.6. The predicted molar refractivity (Wildman–Crippen MR) is 138 cm³/mol. The molecule has 1 aliphatic heterocycles. The van der Waals surface area contributed by atoms with Crippen LogP contribution in [0.25, 0.3) is 0 Å². The Labute approximate surface area is 218 Å². The van der Waals surface area contributed by atoms with Crippen LogP contribution in [0.5, 0.6) is 11.5 Å². The summed E-state index contributed by atoms with van der Waals surface area (Å²) >= 11 is 1.51. The Kier molecular flexibility index (Phi) is 7.91. The topological polar surface area (TPSA) is 124 Å². The van der Waals surface area contributed by atoms with Gasteiger partial charge in [0, 0.05) is 6.42 Å². The first-order valence-electron chi connectivity index (χ1n) is 11.1. The third-order valence-corrected chi connectivity index (χ3v) is 8.07. The summed E-state index contributed by atoms with van der Waals surface area (Å²) in [5.74, 6) is -0.290. The maximum atomic E-state index is 13.2. The number of amides is 1. The molecule has 1 aromatic heterocycles. The summed E-state index contributed by atoms with van der Waals surface area (Å²) in [5.41, 5.74) is 1.52. The van der Waals surface area contributed by atoms with Crippen LogP contribution in [0.3, 0.4) is 0 Å². The standard InChI is InChI=1S/C25H25N3O7S2/c1-26-37(31,32)18-7-4-6-17(12-18)25(30)35-15-24(29)28-20(14-19(27-28)23-8-5-11-36-23)16-9-10-21(33-2)22(13-16)34-3/h4-13,20,26H,14-15H2,1-3H3. The number of carbonyl (C=O) groups excluding carboxylic acids is 2.